The lowest BCUT2D eigenvalue weighted by Gasteiger charge is -2.02. The van der Waals surface area contributed by atoms with E-state index in [0.717, 1.165) is 6.08 Å². The Morgan fingerprint density at radius 1 is 0.789 bits per heavy atom. The molecule has 2 rings (SSSR count). The molecule has 0 amide bonds. The summed E-state index contributed by atoms with van der Waals surface area (Å²) < 4.78 is 0. The van der Waals surface area contributed by atoms with Crippen molar-refractivity contribution in [3.05, 3.63) is 77.9 Å². The fourth-order valence-electron chi connectivity index (χ4n) is 1.70. The van der Waals surface area contributed by atoms with Gasteiger partial charge in [0.1, 0.15) is 0 Å². The van der Waals surface area contributed by atoms with Crippen molar-refractivity contribution in [2.45, 2.75) is 0 Å². The van der Waals surface area contributed by atoms with Crippen molar-refractivity contribution in [2.75, 3.05) is 0 Å². The van der Waals surface area contributed by atoms with E-state index in [4.69, 9.17) is 0 Å². The van der Waals surface area contributed by atoms with E-state index in [1.807, 2.05) is 0 Å². The third-order valence-corrected chi connectivity index (χ3v) is 2.65. The predicted octanol–water partition coefficient (Wildman–Crippen LogP) is 3.04. The standard InChI is InChI=1S/C16H12O3/c17-15(13-9-5-2-6-10-13)11-14(16(18)19)12-7-3-1-4-8-12/h1-11H,(H,18,19)/b14-11+. The average Bonchev–Trinajstić information content (AvgIpc) is 2.46. The Balaban J connectivity index is 2.38. The van der Waals surface area contributed by atoms with Crippen LogP contribution in [-0.4, -0.2) is 16.9 Å². The maximum atomic E-state index is 12.0. The minimum absolute atomic E-state index is 0.00514. The van der Waals surface area contributed by atoms with E-state index in [1.54, 1.807) is 60.7 Å². The number of aliphatic carboxylic acids is 1. The number of carboxylic acid groups (broad SMARTS) is 1. The van der Waals surface area contributed by atoms with Gasteiger partial charge in [0, 0.05) is 11.6 Å². The van der Waals surface area contributed by atoms with E-state index in [-0.39, 0.29) is 11.4 Å². The van der Waals surface area contributed by atoms with Gasteiger partial charge >= 0.3 is 5.97 Å². The third-order valence-electron chi connectivity index (χ3n) is 2.65. The van der Waals surface area contributed by atoms with Crippen molar-refractivity contribution in [3.63, 3.8) is 0 Å². The number of carbonyl (C=O) groups excluding carboxylic acids is 1. The molecule has 0 radical (unpaired) electrons. The molecule has 0 aliphatic carbocycles. The first-order valence-corrected chi connectivity index (χ1v) is 5.78. The number of carbonyl (C=O) groups is 2. The van der Waals surface area contributed by atoms with Gasteiger partial charge in [-0.05, 0) is 5.56 Å². The first-order valence-electron chi connectivity index (χ1n) is 5.78. The van der Waals surface area contributed by atoms with Gasteiger partial charge < -0.3 is 5.11 Å². The highest BCUT2D eigenvalue weighted by Crippen LogP contribution is 2.15. The zero-order valence-corrected chi connectivity index (χ0v) is 10.1. The topological polar surface area (TPSA) is 54.4 Å². The van der Waals surface area contributed by atoms with Gasteiger partial charge in [-0.1, -0.05) is 60.7 Å². The molecule has 0 aliphatic rings. The first kappa shape index (κ1) is 12.8. The highest BCUT2D eigenvalue weighted by molar-refractivity contribution is 6.23. The quantitative estimate of drug-likeness (QED) is 0.672. The predicted molar refractivity (Wildman–Crippen MR) is 72.8 cm³/mol. The Bertz CT molecular complexity index is 613. The lowest BCUT2D eigenvalue weighted by Crippen LogP contribution is -2.04. The SMILES string of the molecule is O=C(O)/C(=C/C(=O)c1ccccc1)c1ccccc1. The van der Waals surface area contributed by atoms with Crippen LogP contribution in [0.25, 0.3) is 5.57 Å². The van der Waals surface area contributed by atoms with E-state index in [0.29, 0.717) is 11.1 Å². The Hall–Kier alpha value is -2.68. The van der Waals surface area contributed by atoms with Crippen molar-refractivity contribution in [1.29, 1.82) is 0 Å². The zero-order valence-electron chi connectivity index (χ0n) is 10.1. The van der Waals surface area contributed by atoms with E-state index in [9.17, 15) is 14.7 Å². The van der Waals surface area contributed by atoms with Gasteiger partial charge in [0.2, 0.25) is 0 Å². The van der Waals surface area contributed by atoms with Crippen molar-refractivity contribution < 1.29 is 14.7 Å². The average molecular weight is 252 g/mol. The molecule has 0 atom stereocenters. The maximum Gasteiger partial charge on any atom is 0.336 e. The molecular weight excluding hydrogens is 240 g/mol. The molecule has 0 aliphatic heterocycles. The molecule has 0 fully saturated rings. The summed E-state index contributed by atoms with van der Waals surface area (Å²) in [6.07, 6.45) is 1.16. The van der Waals surface area contributed by atoms with Gasteiger partial charge in [-0.25, -0.2) is 4.79 Å². The largest absolute Gasteiger partial charge is 0.478 e. The second kappa shape index (κ2) is 5.78. The van der Waals surface area contributed by atoms with Gasteiger partial charge in [-0.3, -0.25) is 4.79 Å². The monoisotopic (exact) mass is 252 g/mol. The van der Waals surface area contributed by atoms with Crippen LogP contribution in [0.3, 0.4) is 0 Å². The van der Waals surface area contributed by atoms with Crippen molar-refractivity contribution in [3.8, 4) is 0 Å². The van der Waals surface area contributed by atoms with E-state index >= 15 is 0 Å². The molecular formula is C16H12O3. The van der Waals surface area contributed by atoms with Crippen LogP contribution in [0.15, 0.2) is 66.7 Å². The first-order chi connectivity index (χ1) is 9.18. The minimum Gasteiger partial charge on any atom is -0.478 e. The minimum atomic E-state index is -1.12. The Morgan fingerprint density at radius 3 is 1.74 bits per heavy atom. The molecule has 0 unspecified atom stereocenters. The van der Waals surface area contributed by atoms with E-state index in [2.05, 4.69) is 0 Å². The Labute approximate surface area is 110 Å². The van der Waals surface area contributed by atoms with Gasteiger partial charge in [0.15, 0.2) is 5.78 Å². The van der Waals surface area contributed by atoms with E-state index in [1.165, 1.54) is 0 Å². The van der Waals surface area contributed by atoms with E-state index < -0.39 is 5.97 Å². The third kappa shape index (κ3) is 3.16. The molecule has 0 heterocycles. The number of rotatable bonds is 4. The van der Waals surface area contributed by atoms with Crippen LogP contribution in [0, 0.1) is 0 Å². The number of allylic oxidation sites excluding steroid dienone is 1. The van der Waals surface area contributed by atoms with Gasteiger partial charge in [-0.15, -0.1) is 0 Å². The molecule has 0 spiro atoms. The van der Waals surface area contributed by atoms with Crippen LogP contribution in [0.2, 0.25) is 0 Å². The summed E-state index contributed by atoms with van der Waals surface area (Å²) in [6, 6.07) is 17.2. The van der Waals surface area contributed by atoms with Crippen LogP contribution < -0.4 is 0 Å². The molecule has 1 N–H and O–H groups in total. The van der Waals surface area contributed by atoms with Crippen LogP contribution >= 0.6 is 0 Å². The van der Waals surface area contributed by atoms with Crippen LogP contribution in [-0.2, 0) is 4.79 Å². The summed E-state index contributed by atoms with van der Waals surface area (Å²) in [5.74, 6) is -1.43. The summed E-state index contributed by atoms with van der Waals surface area (Å²) in [7, 11) is 0. The lowest BCUT2D eigenvalue weighted by atomic mass is 10.0. The Morgan fingerprint density at radius 2 is 1.26 bits per heavy atom. The fourth-order valence-corrected chi connectivity index (χ4v) is 1.70. The second-order valence-electron chi connectivity index (χ2n) is 3.96. The molecule has 0 saturated carbocycles. The highest BCUT2D eigenvalue weighted by Gasteiger charge is 2.12. The molecule has 2 aromatic carbocycles. The summed E-state index contributed by atoms with van der Waals surface area (Å²) in [5, 5.41) is 9.20. The van der Waals surface area contributed by atoms with Crippen molar-refractivity contribution >= 4 is 17.3 Å². The molecule has 19 heavy (non-hydrogen) atoms. The molecule has 0 saturated heterocycles. The van der Waals surface area contributed by atoms with Gasteiger partial charge in [-0.2, -0.15) is 0 Å². The smallest absolute Gasteiger partial charge is 0.336 e. The molecule has 0 bridgehead atoms. The highest BCUT2D eigenvalue weighted by atomic mass is 16.4. The summed E-state index contributed by atoms with van der Waals surface area (Å²) in [4.78, 5) is 23.2. The second-order valence-corrected chi connectivity index (χ2v) is 3.96. The number of benzene rings is 2. The maximum absolute atomic E-state index is 12.0. The van der Waals surface area contributed by atoms with Crippen molar-refractivity contribution in [2.24, 2.45) is 0 Å². The molecule has 2 aromatic rings. The number of hydrogen-bond donors (Lipinski definition) is 1. The Kier molecular flexibility index (Phi) is 3.88. The van der Waals surface area contributed by atoms with Gasteiger partial charge in [0.25, 0.3) is 0 Å². The summed E-state index contributed by atoms with van der Waals surface area (Å²) >= 11 is 0. The zero-order chi connectivity index (χ0) is 13.7. The number of ketones is 1. The van der Waals surface area contributed by atoms with Crippen LogP contribution in [0.5, 0.6) is 0 Å². The summed E-state index contributed by atoms with van der Waals surface area (Å²) in [6.45, 7) is 0. The van der Waals surface area contributed by atoms with Gasteiger partial charge in [0.05, 0.1) is 5.57 Å². The summed E-state index contributed by atoms with van der Waals surface area (Å²) in [5.41, 5.74) is 0.978. The molecule has 3 nitrogen and oxygen atoms in total. The van der Waals surface area contributed by atoms with Crippen LogP contribution in [0.1, 0.15) is 15.9 Å². The number of carboxylic acids is 1. The normalized spacial score (nSPS) is 11.1. The molecule has 94 valence electrons. The molecule has 3 heteroatoms. The van der Waals surface area contributed by atoms with Crippen LogP contribution in [0.4, 0.5) is 0 Å². The molecule has 0 aromatic heterocycles. The fraction of sp³-hybridized carbons (Fsp3) is 0. The lowest BCUT2D eigenvalue weighted by molar-refractivity contribution is -0.130. The number of hydrogen-bond acceptors (Lipinski definition) is 2. The van der Waals surface area contributed by atoms with Crippen molar-refractivity contribution in [1.82, 2.24) is 0 Å².